The second-order valence-electron chi connectivity index (χ2n) is 3.31. The average molecular weight is 219 g/mol. The second-order valence-corrected chi connectivity index (χ2v) is 3.31. The van der Waals surface area contributed by atoms with Crippen LogP contribution < -0.4 is 5.73 Å². The summed E-state index contributed by atoms with van der Waals surface area (Å²) >= 11 is 0. The lowest BCUT2D eigenvalue weighted by atomic mass is 10.00. The number of anilines is 1. The monoisotopic (exact) mass is 218 g/mol. The van der Waals surface area contributed by atoms with E-state index in [1.165, 1.54) is 0 Å². The Kier molecular flexibility index (Phi) is 3.18. The van der Waals surface area contributed by atoms with Crippen molar-refractivity contribution in [2.75, 3.05) is 5.73 Å². The molecule has 0 bridgehead atoms. The molecule has 0 aliphatic rings. The molecule has 2 rings (SSSR count). The third kappa shape index (κ3) is 1.74. The molecular formula is C12H11ClN2. The van der Waals surface area contributed by atoms with Gasteiger partial charge in [0.25, 0.3) is 0 Å². The maximum Gasteiger partial charge on any atom is 0.0998 e. The van der Waals surface area contributed by atoms with E-state index in [-0.39, 0.29) is 12.4 Å². The van der Waals surface area contributed by atoms with E-state index in [0.717, 1.165) is 22.0 Å². The van der Waals surface area contributed by atoms with Crippen LogP contribution in [0.4, 0.5) is 5.69 Å². The lowest BCUT2D eigenvalue weighted by Gasteiger charge is -2.06. The Morgan fingerprint density at radius 2 is 1.80 bits per heavy atom. The fraction of sp³-hybridized carbons (Fsp3) is 0.0833. The zero-order valence-electron chi connectivity index (χ0n) is 8.32. The van der Waals surface area contributed by atoms with Crippen molar-refractivity contribution in [1.29, 1.82) is 5.26 Å². The minimum Gasteiger partial charge on any atom is -0.398 e. The van der Waals surface area contributed by atoms with Crippen molar-refractivity contribution >= 4 is 28.9 Å². The van der Waals surface area contributed by atoms with Crippen LogP contribution in [0.1, 0.15) is 11.1 Å². The molecule has 0 saturated heterocycles. The largest absolute Gasteiger partial charge is 0.398 e. The van der Waals surface area contributed by atoms with Crippen LogP contribution in [0.3, 0.4) is 0 Å². The molecule has 0 aliphatic carbocycles. The van der Waals surface area contributed by atoms with Gasteiger partial charge in [0.15, 0.2) is 0 Å². The van der Waals surface area contributed by atoms with Crippen molar-refractivity contribution in [3.05, 3.63) is 41.5 Å². The highest BCUT2D eigenvalue weighted by atomic mass is 35.5. The first-order chi connectivity index (χ1) is 6.74. The number of nitrogen functional groups attached to an aromatic ring is 1. The van der Waals surface area contributed by atoms with Crippen molar-refractivity contribution in [3.63, 3.8) is 0 Å². The molecule has 0 heterocycles. The highest BCUT2D eigenvalue weighted by Crippen LogP contribution is 2.27. The van der Waals surface area contributed by atoms with Gasteiger partial charge in [0.1, 0.15) is 0 Å². The maximum atomic E-state index is 8.96. The van der Waals surface area contributed by atoms with Gasteiger partial charge in [-0.2, -0.15) is 5.26 Å². The van der Waals surface area contributed by atoms with E-state index in [1.807, 2.05) is 37.3 Å². The molecule has 0 aliphatic heterocycles. The molecule has 15 heavy (non-hydrogen) atoms. The van der Waals surface area contributed by atoms with E-state index >= 15 is 0 Å². The Balaban J connectivity index is 0.00000112. The Morgan fingerprint density at radius 3 is 2.40 bits per heavy atom. The van der Waals surface area contributed by atoms with Gasteiger partial charge < -0.3 is 5.73 Å². The van der Waals surface area contributed by atoms with E-state index in [4.69, 9.17) is 11.0 Å². The van der Waals surface area contributed by atoms with Crippen molar-refractivity contribution in [2.24, 2.45) is 0 Å². The second kappa shape index (κ2) is 4.20. The average Bonchev–Trinajstić information content (AvgIpc) is 2.23. The van der Waals surface area contributed by atoms with Crippen molar-refractivity contribution < 1.29 is 0 Å². The number of hydrogen-bond acceptors (Lipinski definition) is 2. The van der Waals surface area contributed by atoms with Crippen molar-refractivity contribution in [3.8, 4) is 6.07 Å². The Labute approximate surface area is 94.7 Å². The fourth-order valence-corrected chi connectivity index (χ4v) is 1.63. The smallest absolute Gasteiger partial charge is 0.0998 e. The van der Waals surface area contributed by atoms with Gasteiger partial charge >= 0.3 is 0 Å². The maximum absolute atomic E-state index is 8.96. The number of nitrogens with two attached hydrogens (primary N) is 1. The van der Waals surface area contributed by atoms with Gasteiger partial charge in [-0.3, -0.25) is 0 Å². The first kappa shape index (κ1) is 11.4. The number of fused-ring (bicyclic) bond motifs is 1. The van der Waals surface area contributed by atoms with Crippen molar-refractivity contribution in [2.45, 2.75) is 6.92 Å². The first-order valence-corrected chi connectivity index (χ1v) is 4.42. The van der Waals surface area contributed by atoms with Crippen LogP contribution in [-0.2, 0) is 0 Å². The molecule has 2 aromatic carbocycles. The molecule has 2 nitrogen and oxygen atoms in total. The Hall–Kier alpha value is -1.72. The van der Waals surface area contributed by atoms with Gasteiger partial charge in [-0.25, -0.2) is 0 Å². The number of nitriles is 1. The summed E-state index contributed by atoms with van der Waals surface area (Å²) in [6.07, 6.45) is 0. The van der Waals surface area contributed by atoms with Crippen LogP contribution in [0.5, 0.6) is 0 Å². The third-order valence-corrected chi connectivity index (χ3v) is 2.41. The minimum absolute atomic E-state index is 0. The lowest BCUT2D eigenvalue weighted by Crippen LogP contribution is -1.93. The molecule has 3 heteroatoms. The van der Waals surface area contributed by atoms with Crippen molar-refractivity contribution in [1.82, 2.24) is 0 Å². The molecule has 0 fully saturated rings. The van der Waals surface area contributed by atoms with Gasteiger partial charge in [0.05, 0.1) is 11.6 Å². The molecule has 76 valence electrons. The number of aryl methyl sites for hydroxylation is 1. The minimum atomic E-state index is 0. The highest BCUT2D eigenvalue weighted by molar-refractivity contribution is 5.97. The number of rotatable bonds is 0. The molecule has 0 saturated carbocycles. The third-order valence-electron chi connectivity index (χ3n) is 2.41. The molecule has 0 radical (unpaired) electrons. The molecule has 0 atom stereocenters. The number of benzene rings is 2. The Morgan fingerprint density at radius 1 is 1.20 bits per heavy atom. The summed E-state index contributed by atoms with van der Waals surface area (Å²) in [4.78, 5) is 0. The number of halogens is 1. The summed E-state index contributed by atoms with van der Waals surface area (Å²) in [7, 11) is 0. The molecule has 0 amide bonds. The summed E-state index contributed by atoms with van der Waals surface area (Å²) in [5.41, 5.74) is 8.34. The summed E-state index contributed by atoms with van der Waals surface area (Å²) in [5.74, 6) is 0. The van der Waals surface area contributed by atoms with Gasteiger partial charge in [-0.15, -0.1) is 12.4 Å². The standard InChI is InChI=1S/C12H10N2.ClH/c1-8-6-9(7-13)10-4-2-3-5-11(10)12(8)14;/h2-6H,14H2,1H3;1H. The molecule has 2 aromatic rings. The predicted molar refractivity (Wildman–Crippen MR) is 65.1 cm³/mol. The summed E-state index contributed by atoms with van der Waals surface area (Å²) < 4.78 is 0. The van der Waals surface area contributed by atoms with Crippen LogP contribution in [0.15, 0.2) is 30.3 Å². The molecule has 2 N–H and O–H groups in total. The SMILES string of the molecule is Cc1cc(C#N)c2ccccc2c1N.Cl. The topological polar surface area (TPSA) is 49.8 Å². The number of hydrogen-bond donors (Lipinski definition) is 1. The molecule has 0 aromatic heterocycles. The van der Waals surface area contributed by atoms with E-state index in [1.54, 1.807) is 0 Å². The van der Waals surface area contributed by atoms with Crippen LogP contribution in [0.2, 0.25) is 0 Å². The van der Waals surface area contributed by atoms with Gasteiger partial charge in [-0.05, 0) is 18.6 Å². The zero-order chi connectivity index (χ0) is 10.1. The fourth-order valence-electron chi connectivity index (χ4n) is 1.63. The van der Waals surface area contributed by atoms with Crippen LogP contribution in [-0.4, -0.2) is 0 Å². The first-order valence-electron chi connectivity index (χ1n) is 4.42. The van der Waals surface area contributed by atoms with Gasteiger partial charge in [0.2, 0.25) is 0 Å². The number of nitrogens with zero attached hydrogens (tertiary/aromatic N) is 1. The zero-order valence-corrected chi connectivity index (χ0v) is 9.14. The molecule has 0 spiro atoms. The molecule has 0 unspecified atom stereocenters. The van der Waals surface area contributed by atoms with E-state index in [0.29, 0.717) is 5.56 Å². The quantitative estimate of drug-likeness (QED) is 0.691. The summed E-state index contributed by atoms with van der Waals surface area (Å²) in [6.45, 7) is 1.92. The summed E-state index contributed by atoms with van der Waals surface area (Å²) in [6, 6.07) is 11.7. The highest BCUT2D eigenvalue weighted by Gasteiger charge is 2.05. The van der Waals surface area contributed by atoms with E-state index in [2.05, 4.69) is 6.07 Å². The lowest BCUT2D eigenvalue weighted by molar-refractivity contribution is 1.45. The summed E-state index contributed by atoms with van der Waals surface area (Å²) in [5, 5.41) is 10.9. The van der Waals surface area contributed by atoms with E-state index < -0.39 is 0 Å². The van der Waals surface area contributed by atoms with Crippen LogP contribution in [0, 0.1) is 18.3 Å². The molecular weight excluding hydrogens is 208 g/mol. The van der Waals surface area contributed by atoms with Crippen LogP contribution >= 0.6 is 12.4 Å². The van der Waals surface area contributed by atoms with Crippen LogP contribution in [0.25, 0.3) is 10.8 Å². The van der Waals surface area contributed by atoms with Gasteiger partial charge in [0, 0.05) is 16.5 Å². The predicted octanol–water partition coefficient (Wildman–Crippen LogP) is 3.02. The van der Waals surface area contributed by atoms with Gasteiger partial charge in [-0.1, -0.05) is 24.3 Å². The Bertz CT molecular complexity index is 541. The van der Waals surface area contributed by atoms with E-state index in [9.17, 15) is 0 Å². The normalized spacial score (nSPS) is 9.33.